The number of ketones is 1. The van der Waals surface area contributed by atoms with Crippen molar-refractivity contribution < 1.29 is 27.1 Å². The lowest BCUT2D eigenvalue weighted by molar-refractivity contribution is -0.141. The van der Waals surface area contributed by atoms with E-state index in [0.29, 0.717) is 37.0 Å². The monoisotopic (exact) mass is 405 g/mol. The summed E-state index contributed by atoms with van der Waals surface area (Å²) in [5.41, 5.74) is -0.600. The maximum absolute atomic E-state index is 14.3. The molecule has 3 rings (SSSR count). The van der Waals surface area contributed by atoms with E-state index in [2.05, 4.69) is 15.3 Å². The summed E-state index contributed by atoms with van der Waals surface area (Å²) < 4.78 is 57.2. The molecule has 0 amide bonds. The summed E-state index contributed by atoms with van der Waals surface area (Å²) >= 11 is 0. The number of nitrogens with zero attached hydrogens (tertiary/aromatic N) is 2. The van der Waals surface area contributed by atoms with Crippen molar-refractivity contribution >= 4 is 18.2 Å². The van der Waals surface area contributed by atoms with Gasteiger partial charge in [0.25, 0.3) is 0 Å². The van der Waals surface area contributed by atoms with Gasteiger partial charge < -0.3 is 10.1 Å². The summed E-state index contributed by atoms with van der Waals surface area (Å²) in [6.45, 7) is 1.69. The molecule has 0 bridgehead atoms. The molecule has 0 radical (unpaired) electrons. The summed E-state index contributed by atoms with van der Waals surface area (Å²) in [5.74, 6) is -1.04. The standard InChI is InChI=1S/C17H15F4N3O2.ClH/c18-12-5-10(1-2-11(12)15-8-22-3-4-26-15)6-14(25)13-7-24-16(9-23-13)17(19,20)21;/h1-2,5,7,9,15,22H,3-4,6,8H2;1H/t15-;/m1./s1. The van der Waals surface area contributed by atoms with Crippen LogP contribution in [-0.4, -0.2) is 35.4 Å². The maximum Gasteiger partial charge on any atom is 0.434 e. The smallest absolute Gasteiger partial charge is 0.371 e. The van der Waals surface area contributed by atoms with E-state index in [0.717, 1.165) is 6.20 Å². The lowest BCUT2D eigenvalue weighted by Gasteiger charge is -2.24. The molecule has 0 saturated carbocycles. The molecule has 2 aromatic rings. The van der Waals surface area contributed by atoms with Crippen molar-refractivity contribution in [3.63, 3.8) is 0 Å². The Bertz CT molecular complexity index is 794. The van der Waals surface area contributed by atoms with Crippen molar-refractivity contribution in [2.24, 2.45) is 0 Å². The van der Waals surface area contributed by atoms with Crippen molar-refractivity contribution in [2.75, 3.05) is 19.7 Å². The molecule has 0 unspecified atom stereocenters. The fraction of sp³-hybridized carbons (Fsp3) is 0.353. The van der Waals surface area contributed by atoms with Gasteiger partial charge in [-0.05, 0) is 11.6 Å². The van der Waals surface area contributed by atoms with E-state index in [-0.39, 0.29) is 24.5 Å². The van der Waals surface area contributed by atoms with Crippen LogP contribution < -0.4 is 5.32 Å². The number of alkyl halides is 3. The Labute approximate surface area is 158 Å². The molecule has 0 spiro atoms. The zero-order chi connectivity index (χ0) is 18.7. The number of hydrogen-bond acceptors (Lipinski definition) is 5. The predicted molar refractivity (Wildman–Crippen MR) is 90.3 cm³/mol. The Morgan fingerprint density at radius 1 is 1.26 bits per heavy atom. The Hall–Kier alpha value is -2.10. The number of nitrogens with one attached hydrogen (secondary N) is 1. The van der Waals surface area contributed by atoms with E-state index in [1.54, 1.807) is 12.1 Å². The largest absolute Gasteiger partial charge is 0.434 e. The molecule has 1 aromatic heterocycles. The minimum absolute atomic E-state index is 0. The molecule has 1 fully saturated rings. The van der Waals surface area contributed by atoms with Crippen molar-refractivity contribution in [3.05, 3.63) is 58.9 Å². The second-order valence-corrected chi connectivity index (χ2v) is 5.80. The Morgan fingerprint density at radius 3 is 2.59 bits per heavy atom. The molecule has 1 aliphatic heterocycles. The highest BCUT2D eigenvalue weighted by Crippen LogP contribution is 2.27. The van der Waals surface area contributed by atoms with Crippen molar-refractivity contribution in [2.45, 2.75) is 18.7 Å². The van der Waals surface area contributed by atoms with Crippen LogP contribution in [0.4, 0.5) is 17.6 Å². The molecule has 5 nitrogen and oxygen atoms in total. The number of carbonyl (C=O) groups is 1. The van der Waals surface area contributed by atoms with Gasteiger partial charge in [0, 0.05) is 25.1 Å². The first-order chi connectivity index (χ1) is 12.3. The van der Waals surface area contributed by atoms with Crippen molar-refractivity contribution in [1.82, 2.24) is 15.3 Å². The number of carbonyl (C=O) groups excluding carboxylic acids is 1. The van der Waals surface area contributed by atoms with Crippen LogP contribution in [0.25, 0.3) is 0 Å². The van der Waals surface area contributed by atoms with E-state index in [4.69, 9.17) is 4.74 Å². The van der Waals surface area contributed by atoms with Crippen molar-refractivity contribution in [1.29, 1.82) is 0 Å². The molecule has 1 N–H and O–H groups in total. The van der Waals surface area contributed by atoms with E-state index >= 15 is 0 Å². The first kappa shape index (κ1) is 21.2. The maximum atomic E-state index is 14.3. The zero-order valence-electron chi connectivity index (χ0n) is 13.9. The molecular weight excluding hydrogens is 390 g/mol. The van der Waals surface area contributed by atoms with Gasteiger partial charge in [-0.15, -0.1) is 12.4 Å². The van der Waals surface area contributed by atoms with Gasteiger partial charge in [-0.2, -0.15) is 13.2 Å². The summed E-state index contributed by atoms with van der Waals surface area (Å²) in [5, 5.41) is 3.10. The van der Waals surface area contributed by atoms with Gasteiger partial charge in [0.1, 0.15) is 11.5 Å². The third-order valence-electron chi connectivity index (χ3n) is 3.93. The zero-order valence-corrected chi connectivity index (χ0v) is 14.7. The summed E-state index contributed by atoms with van der Waals surface area (Å²) in [4.78, 5) is 18.8. The molecule has 0 aliphatic carbocycles. The fourth-order valence-corrected chi connectivity index (χ4v) is 2.60. The summed E-state index contributed by atoms with van der Waals surface area (Å²) in [6.07, 6.45) is -3.93. The number of aromatic nitrogens is 2. The van der Waals surface area contributed by atoms with Crippen LogP contribution in [-0.2, 0) is 17.3 Å². The number of hydrogen-bond donors (Lipinski definition) is 1. The first-order valence-corrected chi connectivity index (χ1v) is 7.87. The molecule has 2 heterocycles. The van der Waals surface area contributed by atoms with Crippen LogP contribution in [0, 0.1) is 5.82 Å². The second-order valence-electron chi connectivity index (χ2n) is 5.80. The number of ether oxygens (including phenoxy) is 1. The molecule has 27 heavy (non-hydrogen) atoms. The number of benzene rings is 1. The number of rotatable bonds is 4. The van der Waals surface area contributed by atoms with Crippen LogP contribution in [0.1, 0.15) is 33.4 Å². The van der Waals surface area contributed by atoms with Gasteiger partial charge >= 0.3 is 6.18 Å². The summed E-state index contributed by atoms with van der Waals surface area (Å²) in [7, 11) is 0. The van der Waals surface area contributed by atoms with Crippen molar-refractivity contribution in [3.8, 4) is 0 Å². The fourth-order valence-electron chi connectivity index (χ4n) is 2.60. The molecule has 1 atom stereocenters. The SMILES string of the molecule is Cl.O=C(Cc1ccc([C@H]2CNCCO2)c(F)c1)c1cnc(C(F)(F)F)cn1. The molecule has 146 valence electrons. The van der Waals surface area contributed by atoms with Gasteiger partial charge in [-0.3, -0.25) is 4.79 Å². The minimum atomic E-state index is -4.62. The first-order valence-electron chi connectivity index (χ1n) is 7.87. The molecule has 1 aliphatic rings. The second kappa shape index (κ2) is 8.73. The van der Waals surface area contributed by atoms with Gasteiger partial charge in [0.05, 0.1) is 25.1 Å². The highest BCUT2D eigenvalue weighted by molar-refractivity contribution is 5.95. The van der Waals surface area contributed by atoms with Gasteiger partial charge in [0.15, 0.2) is 11.5 Å². The van der Waals surface area contributed by atoms with E-state index in [9.17, 15) is 22.4 Å². The van der Waals surface area contributed by atoms with Crippen LogP contribution in [0.2, 0.25) is 0 Å². The Kier molecular flexibility index (Phi) is 6.85. The van der Waals surface area contributed by atoms with Crippen LogP contribution >= 0.6 is 12.4 Å². The predicted octanol–water partition coefficient (Wildman–Crippen LogP) is 3.14. The molecular formula is C17H16ClF4N3O2. The van der Waals surface area contributed by atoms with Crippen LogP contribution in [0.3, 0.4) is 0 Å². The molecule has 10 heteroatoms. The normalized spacial score (nSPS) is 17.3. The van der Waals surface area contributed by atoms with E-state index < -0.39 is 29.6 Å². The van der Waals surface area contributed by atoms with Gasteiger partial charge in [-0.1, -0.05) is 12.1 Å². The quantitative estimate of drug-likeness (QED) is 0.625. The minimum Gasteiger partial charge on any atom is -0.371 e. The average Bonchev–Trinajstić information content (AvgIpc) is 2.62. The third-order valence-corrected chi connectivity index (χ3v) is 3.93. The summed E-state index contributed by atoms with van der Waals surface area (Å²) in [6, 6.07) is 4.36. The van der Waals surface area contributed by atoms with Crippen LogP contribution in [0.5, 0.6) is 0 Å². The lowest BCUT2D eigenvalue weighted by atomic mass is 10.0. The number of morpholine rings is 1. The van der Waals surface area contributed by atoms with Gasteiger partial charge in [-0.25, -0.2) is 14.4 Å². The Morgan fingerprint density at radius 2 is 2.04 bits per heavy atom. The van der Waals surface area contributed by atoms with E-state index in [1.165, 1.54) is 6.07 Å². The third kappa shape index (κ3) is 5.21. The number of Topliss-reactive ketones (excluding diaryl/α,β-unsaturated/α-hetero) is 1. The average molecular weight is 406 g/mol. The lowest BCUT2D eigenvalue weighted by Crippen LogP contribution is -2.33. The Balaban J connectivity index is 0.00000261. The van der Waals surface area contributed by atoms with E-state index in [1.807, 2.05) is 0 Å². The molecule has 1 aromatic carbocycles. The highest BCUT2D eigenvalue weighted by Gasteiger charge is 2.33. The molecule has 1 saturated heterocycles. The van der Waals surface area contributed by atoms with Gasteiger partial charge in [0.2, 0.25) is 0 Å². The highest BCUT2D eigenvalue weighted by atomic mass is 35.5. The van der Waals surface area contributed by atoms with Crippen LogP contribution in [0.15, 0.2) is 30.6 Å². The topological polar surface area (TPSA) is 64.1 Å². The number of halogens is 5.